The maximum atomic E-state index is 12.1. The van der Waals surface area contributed by atoms with E-state index in [1.807, 2.05) is 0 Å². The molecule has 0 aromatic heterocycles. The van der Waals surface area contributed by atoms with E-state index in [9.17, 15) is 9.36 Å². The van der Waals surface area contributed by atoms with E-state index in [0.29, 0.717) is 32.8 Å². The lowest BCUT2D eigenvalue weighted by Crippen LogP contribution is -2.12. The van der Waals surface area contributed by atoms with E-state index in [2.05, 4.69) is 11.8 Å². The minimum Gasteiger partial charge on any atom is -0.464 e. The van der Waals surface area contributed by atoms with E-state index in [1.54, 1.807) is 32.9 Å². The Morgan fingerprint density at radius 2 is 1.82 bits per heavy atom. The van der Waals surface area contributed by atoms with Crippen LogP contribution < -0.4 is 0 Å². The maximum absolute atomic E-state index is 12.1. The predicted octanol–water partition coefficient (Wildman–Crippen LogP) is 2.78. The third kappa shape index (κ3) is 11.5. The Morgan fingerprint density at radius 1 is 1.14 bits per heavy atom. The van der Waals surface area contributed by atoms with Gasteiger partial charge in [-0.15, -0.1) is 0 Å². The molecular weight excluding hydrogens is 307 g/mol. The van der Waals surface area contributed by atoms with Crippen LogP contribution in [0.2, 0.25) is 0 Å². The Balaban J connectivity index is 3.89. The largest absolute Gasteiger partial charge is 0.464 e. The second-order valence-corrected chi connectivity index (χ2v) is 6.06. The van der Waals surface area contributed by atoms with Crippen molar-refractivity contribution in [2.45, 2.75) is 27.2 Å². The van der Waals surface area contributed by atoms with Crippen molar-refractivity contribution in [3.05, 3.63) is 12.2 Å². The molecule has 0 N–H and O–H groups in total. The van der Waals surface area contributed by atoms with Gasteiger partial charge in [-0.1, -0.05) is 17.9 Å². The summed E-state index contributed by atoms with van der Waals surface area (Å²) < 4.78 is 32.2. The van der Waals surface area contributed by atoms with Gasteiger partial charge in [0.15, 0.2) is 0 Å². The highest BCUT2D eigenvalue weighted by Gasteiger charge is 2.20. The first kappa shape index (κ1) is 20.9. The average molecular weight is 332 g/mol. The normalized spacial score (nSPS) is 11.2. The summed E-state index contributed by atoms with van der Waals surface area (Å²) in [6, 6.07) is 0. The molecular formula is C15H25O6P. The zero-order valence-electron chi connectivity index (χ0n) is 13.5. The van der Waals surface area contributed by atoms with Crippen LogP contribution in [0.1, 0.15) is 27.2 Å². The standard InChI is InChI=1S/C15H25O6P/c1-4-19-15(16)14-18-12-10-8-7-9-11-13-22(17,20-5-2)21-6-3/h9,11H,4-6,10,12-14H2,1-3H3/b11-9+. The van der Waals surface area contributed by atoms with Gasteiger partial charge in [0.25, 0.3) is 0 Å². The summed E-state index contributed by atoms with van der Waals surface area (Å²) in [5.41, 5.74) is 0. The van der Waals surface area contributed by atoms with Crippen molar-refractivity contribution in [3.8, 4) is 11.8 Å². The molecule has 0 unspecified atom stereocenters. The quantitative estimate of drug-likeness (QED) is 0.251. The van der Waals surface area contributed by atoms with Gasteiger partial charge in [-0.3, -0.25) is 4.57 Å². The van der Waals surface area contributed by atoms with Crippen molar-refractivity contribution in [1.82, 2.24) is 0 Å². The molecule has 0 heterocycles. The fraction of sp³-hybridized carbons (Fsp3) is 0.667. The van der Waals surface area contributed by atoms with E-state index in [4.69, 9.17) is 18.5 Å². The molecule has 6 nitrogen and oxygen atoms in total. The van der Waals surface area contributed by atoms with Crippen LogP contribution in [0.25, 0.3) is 0 Å². The highest BCUT2D eigenvalue weighted by molar-refractivity contribution is 7.54. The molecule has 0 aromatic carbocycles. The van der Waals surface area contributed by atoms with Crippen molar-refractivity contribution >= 4 is 13.6 Å². The van der Waals surface area contributed by atoms with E-state index in [-0.39, 0.29) is 18.7 Å². The van der Waals surface area contributed by atoms with Gasteiger partial charge >= 0.3 is 13.6 Å². The van der Waals surface area contributed by atoms with Crippen LogP contribution in [0, 0.1) is 11.8 Å². The van der Waals surface area contributed by atoms with E-state index < -0.39 is 7.60 Å². The Kier molecular flexibility index (Phi) is 12.8. The summed E-state index contributed by atoms with van der Waals surface area (Å²) in [4.78, 5) is 11.0. The third-order valence-corrected chi connectivity index (χ3v) is 4.14. The maximum Gasteiger partial charge on any atom is 0.334 e. The molecule has 22 heavy (non-hydrogen) atoms. The number of rotatable bonds is 11. The van der Waals surface area contributed by atoms with Gasteiger partial charge in [0.2, 0.25) is 0 Å². The molecule has 0 aliphatic rings. The topological polar surface area (TPSA) is 71.1 Å². The molecule has 0 saturated carbocycles. The van der Waals surface area contributed by atoms with Crippen LogP contribution in [-0.2, 0) is 27.9 Å². The van der Waals surface area contributed by atoms with Crippen molar-refractivity contribution < 1.29 is 27.9 Å². The lowest BCUT2D eigenvalue weighted by molar-refractivity contribution is -0.148. The molecule has 126 valence electrons. The Hall–Kier alpha value is -1.12. The number of allylic oxidation sites excluding steroid dienone is 2. The summed E-state index contributed by atoms with van der Waals surface area (Å²) in [5.74, 6) is 5.28. The smallest absolute Gasteiger partial charge is 0.334 e. The first-order chi connectivity index (χ1) is 10.6. The lowest BCUT2D eigenvalue weighted by atomic mass is 10.4. The van der Waals surface area contributed by atoms with Gasteiger partial charge in [-0.25, -0.2) is 4.79 Å². The van der Waals surface area contributed by atoms with Crippen LogP contribution in [0.15, 0.2) is 12.2 Å². The van der Waals surface area contributed by atoms with Crippen LogP contribution in [0.4, 0.5) is 0 Å². The first-order valence-corrected chi connectivity index (χ1v) is 9.05. The fourth-order valence-corrected chi connectivity index (χ4v) is 2.82. The third-order valence-electron chi connectivity index (χ3n) is 2.18. The van der Waals surface area contributed by atoms with Gasteiger partial charge in [-0.05, 0) is 26.8 Å². The molecule has 0 amide bonds. The monoisotopic (exact) mass is 332 g/mol. The molecule has 7 heteroatoms. The summed E-state index contributed by atoms with van der Waals surface area (Å²) >= 11 is 0. The minimum absolute atomic E-state index is 0.0583. The Bertz CT molecular complexity index is 425. The van der Waals surface area contributed by atoms with Gasteiger partial charge in [0.05, 0.1) is 32.6 Å². The second-order valence-electron chi connectivity index (χ2n) is 3.96. The summed E-state index contributed by atoms with van der Waals surface area (Å²) in [6.45, 7) is 6.61. The molecule has 0 aromatic rings. The molecule has 0 aliphatic carbocycles. The van der Waals surface area contributed by atoms with Crippen molar-refractivity contribution in [2.24, 2.45) is 0 Å². The van der Waals surface area contributed by atoms with Crippen molar-refractivity contribution in [1.29, 1.82) is 0 Å². The molecule has 0 radical (unpaired) electrons. The van der Waals surface area contributed by atoms with Crippen LogP contribution in [0.5, 0.6) is 0 Å². The molecule has 0 atom stereocenters. The van der Waals surface area contributed by atoms with Crippen LogP contribution in [-0.4, -0.2) is 45.2 Å². The van der Waals surface area contributed by atoms with E-state index in [0.717, 1.165) is 0 Å². The molecule has 0 rings (SSSR count). The number of hydrogen-bond donors (Lipinski definition) is 0. The number of carbonyl (C=O) groups is 1. The number of ether oxygens (including phenoxy) is 2. The number of hydrogen-bond acceptors (Lipinski definition) is 6. The van der Waals surface area contributed by atoms with Crippen LogP contribution >= 0.6 is 7.60 Å². The molecule has 0 bridgehead atoms. The Labute approximate surface area is 132 Å². The lowest BCUT2D eigenvalue weighted by Gasteiger charge is -2.14. The van der Waals surface area contributed by atoms with E-state index in [1.165, 1.54) is 0 Å². The molecule has 0 spiro atoms. The zero-order valence-corrected chi connectivity index (χ0v) is 14.4. The van der Waals surface area contributed by atoms with Gasteiger partial charge in [-0.2, -0.15) is 0 Å². The summed E-state index contributed by atoms with van der Waals surface area (Å²) in [5, 5.41) is 0. The van der Waals surface area contributed by atoms with Crippen molar-refractivity contribution in [2.75, 3.05) is 39.2 Å². The number of esters is 1. The molecule has 0 aliphatic heterocycles. The number of carbonyl (C=O) groups excluding carboxylic acids is 1. The van der Waals surface area contributed by atoms with Crippen LogP contribution in [0.3, 0.4) is 0 Å². The van der Waals surface area contributed by atoms with Gasteiger partial charge in [0.1, 0.15) is 6.61 Å². The first-order valence-electron chi connectivity index (χ1n) is 7.32. The highest BCUT2D eigenvalue weighted by atomic mass is 31.2. The average Bonchev–Trinajstić information content (AvgIpc) is 2.46. The zero-order chi connectivity index (χ0) is 16.7. The summed E-state index contributed by atoms with van der Waals surface area (Å²) in [6.07, 6.45) is 3.97. The minimum atomic E-state index is -3.03. The van der Waals surface area contributed by atoms with E-state index >= 15 is 0 Å². The molecule has 0 fully saturated rings. The highest BCUT2D eigenvalue weighted by Crippen LogP contribution is 2.47. The molecule has 0 saturated heterocycles. The Morgan fingerprint density at radius 3 is 2.41 bits per heavy atom. The fourth-order valence-electron chi connectivity index (χ4n) is 1.39. The van der Waals surface area contributed by atoms with Crippen molar-refractivity contribution in [3.63, 3.8) is 0 Å². The summed E-state index contributed by atoms with van der Waals surface area (Å²) in [7, 11) is -3.03. The van der Waals surface area contributed by atoms with Gasteiger partial charge in [0, 0.05) is 6.42 Å². The SMILES string of the molecule is CCOC(=O)COCCC#C/C=C/CP(=O)(OCC)OCC. The second kappa shape index (κ2) is 13.5. The predicted molar refractivity (Wildman–Crippen MR) is 84.7 cm³/mol. The van der Waals surface area contributed by atoms with Gasteiger partial charge < -0.3 is 18.5 Å².